The molecule has 58 valence electrons. The van der Waals surface area contributed by atoms with Gasteiger partial charge >= 0.3 is 32.7 Å². The Kier molecular flexibility index (Phi) is 67.4. The third-order valence-electron chi connectivity index (χ3n) is 0.586. The van der Waals surface area contributed by atoms with E-state index in [4.69, 9.17) is 0 Å². The molecule has 0 aromatic heterocycles. The molecule has 0 aromatic carbocycles. The fraction of sp³-hybridized carbons (Fsp3) is 0.167. The summed E-state index contributed by atoms with van der Waals surface area (Å²) in [5, 5.41) is 0. The second-order valence-corrected chi connectivity index (χ2v) is 1.00. The van der Waals surface area contributed by atoms with Crippen molar-refractivity contribution in [1.29, 1.82) is 0 Å². The number of hydrogen-bond donors (Lipinski definition) is 0. The van der Waals surface area contributed by atoms with Crippen LogP contribution in [0.1, 0.15) is 6.42 Å². The zero-order chi connectivity index (χ0) is 3.54. The quantitative estimate of drug-likeness (QED) is 0.386. The van der Waals surface area contributed by atoms with Crippen LogP contribution in [0, 0.1) is 13.5 Å². The van der Waals surface area contributed by atoms with Crippen molar-refractivity contribution in [2.75, 3.05) is 0 Å². The Labute approximate surface area is 107 Å². The summed E-state index contributed by atoms with van der Waals surface area (Å²) in [6, 6.07) is 0. The standard InChI is InChI=1S/C5H5.CH3.3ClH.Y/c1-2-4-5-3-1;;;;;/h1-3H,4H2;1H3;3*1H;/q2*-1;;;;+3/p-3. The summed E-state index contributed by atoms with van der Waals surface area (Å²) < 4.78 is 0. The predicted molar refractivity (Wildman–Crippen MR) is 28.0 cm³/mol. The topological polar surface area (TPSA) is 0 Å². The van der Waals surface area contributed by atoms with Crippen LogP contribution in [0.15, 0.2) is 18.2 Å². The third-order valence-corrected chi connectivity index (χ3v) is 0.586. The van der Waals surface area contributed by atoms with Gasteiger partial charge in [0.1, 0.15) is 0 Å². The summed E-state index contributed by atoms with van der Waals surface area (Å²) in [6.45, 7) is 0. The minimum atomic E-state index is 0. The molecule has 1 aliphatic rings. The first-order chi connectivity index (χ1) is 2.50. The van der Waals surface area contributed by atoms with E-state index in [0.717, 1.165) is 6.42 Å². The molecule has 0 saturated carbocycles. The van der Waals surface area contributed by atoms with E-state index in [1.807, 2.05) is 12.2 Å². The van der Waals surface area contributed by atoms with Gasteiger partial charge in [-0.2, -0.15) is 6.08 Å². The molecule has 0 nitrogen and oxygen atoms in total. The number of rotatable bonds is 0. The molecule has 0 atom stereocenters. The van der Waals surface area contributed by atoms with Crippen LogP contribution in [0.4, 0.5) is 0 Å². The summed E-state index contributed by atoms with van der Waals surface area (Å²) in [4.78, 5) is 0. The molecule has 0 radical (unpaired) electrons. The Morgan fingerprint density at radius 2 is 1.60 bits per heavy atom. The van der Waals surface area contributed by atoms with Crippen LogP contribution in [-0.2, 0) is 32.7 Å². The largest absolute Gasteiger partial charge is 3.00 e. The van der Waals surface area contributed by atoms with Gasteiger partial charge in [-0.15, -0.1) is 6.42 Å². The Bertz CT molecular complexity index is 71.1. The Hall–Kier alpha value is 1.45. The van der Waals surface area contributed by atoms with Crippen molar-refractivity contribution < 1.29 is 69.9 Å². The average molecular weight is 275 g/mol. The van der Waals surface area contributed by atoms with E-state index in [-0.39, 0.29) is 77.4 Å². The molecular weight excluding hydrogens is 267 g/mol. The Morgan fingerprint density at radius 1 is 1.10 bits per heavy atom. The maximum absolute atomic E-state index is 2.99. The SMILES string of the molecule is [C-]1=CC=CC1.[CH3-].[Cl-].[Cl-].[Cl-].[Y+3]. The first-order valence-corrected chi connectivity index (χ1v) is 1.72. The zero-order valence-electron chi connectivity index (χ0n) is 5.65. The van der Waals surface area contributed by atoms with E-state index >= 15 is 0 Å². The number of halogens is 3. The van der Waals surface area contributed by atoms with Crippen LogP contribution in [0.25, 0.3) is 0 Å². The van der Waals surface area contributed by atoms with E-state index in [1.165, 1.54) is 0 Å². The van der Waals surface area contributed by atoms with Crippen LogP contribution >= 0.6 is 0 Å². The van der Waals surface area contributed by atoms with Gasteiger partial charge in [-0.3, -0.25) is 6.08 Å². The van der Waals surface area contributed by atoms with E-state index in [0.29, 0.717) is 0 Å². The second kappa shape index (κ2) is 22.4. The van der Waals surface area contributed by atoms with Crippen molar-refractivity contribution in [1.82, 2.24) is 0 Å². The smallest absolute Gasteiger partial charge is 1.00 e. The molecule has 0 fully saturated rings. The predicted octanol–water partition coefficient (Wildman–Crippen LogP) is -7.23. The summed E-state index contributed by atoms with van der Waals surface area (Å²) in [5.41, 5.74) is 0. The normalized spacial score (nSPS) is 8.80. The molecule has 0 amide bonds. The van der Waals surface area contributed by atoms with Gasteiger partial charge in [0.05, 0.1) is 0 Å². The molecule has 1 rings (SSSR count). The average Bonchev–Trinajstić information content (AvgIpc) is 1.76. The molecule has 0 spiro atoms. The van der Waals surface area contributed by atoms with Crippen LogP contribution < -0.4 is 37.2 Å². The minimum Gasteiger partial charge on any atom is -1.00 e. The molecule has 0 unspecified atom stereocenters. The van der Waals surface area contributed by atoms with E-state index < -0.39 is 0 Å². The van der Waals surface area contributed by atoms with Crippen LogP contribution in [0.2, 0.25) is 0 Å². The van der Waals surface area contributed by atoms with Crippen LogP contribution in [0.5, 0.6) is 0 Å². The summed E-state index contributed by atoms with van der Waals surface area (Å²) in [6.07, 6.45) is 10.0. The fourth-order valence-electron chi connectivity index (χ4n) is 0.340. The molecule has 1 aliphatic carbocycles. The van der Waals surface area contributed by atoms with E-state index in [2.05, 4.69) is 12.2 Å². The van der Waals surface area contributed by atoms with Crippen LogP contribution in [0.3, 0.4) is 0 Å². The van der Waals surface area contributed by atoms with Crippen molar-refractivity contribution in [3.8, 4) is 0 Å². The summed E-state index contributed by atoms with van der Waals surface area (Å²) in [7, 11) is 0. The van der Waals surface area contributed by atoms with E-state index in [9.17, 15) is 0 Å². The van der Waals surface area contributed by atoms with Gasteiger partial charge in [0.25, 0.3) is 0 Å². The molecule has 0 saturated heterocycles. The van der Waals surface area contributed by atoms with Crippen LogP contribution in [-0.4, -0.2) is 0 Å². The first-order valence-electron chi connectivity index (χ1n) is 1.72. The van der Waals surface area contributed by atoms with Gasteiger partial charge in [-0.1, -0.05) is 0 Å². The van der Waals surface area contributed by atoms with Gasteiger partial charge in [-0.25, -0.2) is 12.2 Å². The van der Waals surface area contributed by atoms with Gasteiger partial charge in [0.15, 0.2) is 0 Å². The number of hydrogen-bond acceptors (Lipinski definition) is 0. The fourth-order valence-corrected chi connectivity index (χ4v) is 0.340. The molecule has 0 heterocycles. The third kappa shape index (κ3) is 16.2. The van der Waals surface area contributed by atoms with Gasteiger partial charge in [0, 0.05) is 0 Å². The molecule has 0 aromatic rings. The van der Waals surface area contributed by atoms with Crippen molar-refractivity contribution in [3.05, 3.63) is 31.7 Å². The molecule has 10 heavy (non-hydrogen) atoms. The first kappa shape index (κ1) is 30.1. The number of allylic oxidation sites excluding steroid dienone is 4. The molecular formula is C6H8Cl3Y-2. The zero-order valence-corrected chi connectivity index (χ0v) is 10.8. The Morgan fingerprint density at radius 3 is 1.70 bits per heavy atom. The van der Waals surface area contributed by atoms with Gasteiger partial charge in [-0.05, 0) is 0 Å². The minimum absolute atomic E-state index is 0. The van der Waals surface area contributed by atoms with Crippen molar-refractivity contribution in [2.24, 2.45) is 0 Å². The molecule has 0 aliphatic heterocycles. The molecule has 4 heteroatoms. The molecule has 0 N–H and O–H groups in total. The monoisotopic (exact) mass is 274 g/mol. The summed E-state index contributed by atoms with van der Waals surface area (Å²) in [5.74, 6) is 0. The van der Waals surface area contributed by atoms with Crippen molar-refractivity contribution in [2.45, 2.75) is 6.42 Å². The second-order valence-electron chi connectivity index (χ2n) is 1.00. The van der Waals surface area contributed by atoms with Gasteiger partial charge in [0.2, 0.25) is 0 Å². The summed E-state index contributed by atoms with van der Waals surface area (Å²) >= 11 is 0. The maximum Gasteiger partial charge on any atom is 3.00 e. The maximum atomic E-state index is 2.99. The van der Waals surface area contributed by atoms with Crippen molar-refractivity contribution in [3.63, 3.8) is 0 Å². The van der Waals surface area contributed by atoms with E-state index in [1.54, 1.807) is 0 Å². The van der Waals surface area contributed by atoms with Gasteiger partial charge < -0.3 is 44.6 Å². The Balaban J connectivity index is -0.0000000167. The molecule has 0 bridgehead atoms. The van der Waals surface area contributed by atoms with Crippen molar-refractivity contribution >= 4 is 0 Å².